The van der Waals surface area contributed by atoms with Gasteiger partial charge in [0.15, 0.2) is 5.84 Å². The van der Waals surface area contributed by atoms with Crippen LogP contribution in [0.25, 0.3) is 0 Å². The molecule has 21 heavy (non-hydrogen) atoms. The molecule has 1 aliphatic heterocycles. The van der Waals surface area contributed by atoms with E-state index < -0.39 is 0 Å². The van der Waals surface area contributed by atoms with Gasteiger partial charge < -0.3 is 15.8 Å². The molecule has 2 rings (SSSR count). The van der Waals surface area contributed by atoms with Crippen molar-refractivity contribution in [1.29, 1.82) is 0 Å². The first-order chi connectivity index (χ1) is 9.93. The first-order valence-electron chi connectivity index (χ1n) is 6.76. The normalized spacial score (nSPS) is 18.8. The molecule has 1 fully saturated rings. The Hall–Kier alpha value is -1.70. The minimum atomic E-state index is -0.381. The number of amides is 1. The number of aryl methyl sites for hydroxylation is 2. The van der Waals surface area contributed by atoms with Gasteiger partial charge in [-0.2, -0.15) is 16.9 Å². The molecule has 0 aliphatic carbocycles. The number of rotatable bonds is 3. The molecule has 0 bridgehead atoms. The maximum Gasteiger partial charge on any atom is 0.272 e. The van der Waals surface area contributed by atoms with Gasteiger partial charge in [-0.25, -0.2) is 0 Å². The van der Waals surface area contributed by atoms with Crippen molar-refractivity contribution in [3.05, 3.63) is 17.5 Å². The molecule has 1 aliphatic rings. The summed E-state index contributed by atoms with van der Waals surface area (Å²) in [5.41, 5.74) is 7.23. The third kappa shape index (κ3) is 2.85. The van der Waals surface area contributed by atoms with Crippen molar-refractivity contribution < 1.29 is 10.0 Å². The second-order valence-corrected chi connectivity index (χ2v) is 6.46. The minimum absolute atomic E-state index is 0.0210. The molecule has 0 saturated carbocycles. The summed E-state index contributed by atoms with van der Waals surface area (Å²) in [6, 6.07) is 1.79. The largest absolute Gasteiger partial charge is 0.409 e. The van der Waals surface area contributed by atoms with E-state index in [9.17, 15) is 4.79 Å². The third-order valence-electron chi connectivity index (χ3n) is 4.04. The van der Waals surface area contributed by atoms with Crippen LogP contribution in [0.4, 0.5) is 0 Å². The van der Waals surface area contributed by atoms with Gasteiger partial charge in [0.1, 0.15) is 5.69 Å². The molecule has 1 saturated heterocycles. The van der Waals surface area contributed by atoms with Gasteiger partial charge in [0.2, 0.25) is 0 Å². The molecule has 0 spiro atoms. The van der Waals surface area contributed by atoms with E-state index in [1.165, 1.54) is 0 Å². The van der Waals surface area contributed by atoms with E-state index in [1.54, 1.807) is 34.5 Å². The van der Waals surface area contributed by atoms with Crippen LogP contribution in [-0.2, 0) is 7.05 Å². The van der Waals surface area contributed by atoms with Crippen molar-refractivity contribution in [2.75, 3.05) is 19.3 Å². The van der Waals surface area contributed by atoms with E-state index >= 15 is 0 Å². The lowest BCUT2D eigenvalue weighted by Crippen LogP contribution is -2.51. The van der Waals surface area contributed by atoms with E-state index in [1.807, 2.05) is 13.2 Å². The zero-order chi connectivity index (χ0) is 15.6. The van der Waals surface area contributed by atoms with Crippen LogP contribution in [0.2, 0.25) is 0 Å². The summed E-state index contributed by atoms with van der Waals surface area (Å²) in [6.45, 7) is 3.03. The summed E-state index contributed by atoms with van der Waals surface area (Å²) >= 11 is 1.57. The highest BCUT2D eigenvalue weighted by Crippen LogP contribution is 2.35. The summed E-state index contributed by atoms with van der Waals surface area (Å²) in [5.74, 6) is 0.214. The first kappa shape index (κ1) is 15.7. The molecule has 0 radical (unpaired) electrons. The summed E-state index contributed by atoms with van der Waals surface area (Å²) < 4.78 is 1.23. The summed E-state index contributed by atoms with van der Waals surface area (Å²) in [6.07, 6.45) is 3.29. The Labute approximate surface area is 128 Å². The number of piperidine rings is 1. The predicted molar refractivity (Wildman–Crippen MR) is 82.7 cm³/mol. The quantitative estimate of drug-likeness (QED) is 0.373. The molecular weight excluding hydrogens is 290 g/mol. The lowest BCUT2D eigenvalue weighted by atomic mass is 9.94. The molecule has 7 nitrogen and oxygen atoms in total. The van der Waals surface area contributed by atoms with Crippen molar-refractivity contribution in [1.82, 2.24) is 14.7 Å². The van der Waals surface area contributed by atoms with Crippen LogP contribution in [0, 0.1) is 6.92 Å². The lowest BCUT2D eigenvalue weighted by Gasteiger charge is -2.39. The molecule has 8 heteroatoms. The Bertz CT molecular complexity index is 561. The highest BCUT2D eigenvalue weighted by atomic mass is 32.2. The van der Waals surface area contributed by atoms with Gasteiger partial charge in [-0.1, -0.05) is 5.16 Å². The van der Waals surface area contributed by atoms with Gasteiger partial charge in [-0.3, -0.25) is 9.48 Å². The van der Waals surface area contributed by atoms with E-state index in [0.717, 1.165) is 5.69 Å². The van der Waals surface area contributed by atoms with Crippen molar-refractivity contribution in [2.45, 2.75) is 24.5 Å². The number of carbonyl (C=O) groups is 1. The fraction of sp³-hybridized carbons (Fsp3) is 0.615. The van der Waals surface area contributed by atoms with Gasteiger partial charge in [0.25, 0.3) is 5.91 Å². The molecule has 1 aromatic rings. The van der Waals surface area contributed by atoms with Crippen LogP contribution in [0.15, 0.2) is 11.2 Å². The topological polar surface area (TPSA) is 96.7 Å². The lowest BCUT2D eigenvalue weighted by molar-refractivity contribution is 0.0706. The molecule has 1 aromatic heterocycles. The number of nitrogens with zero attached hydrogens (tertiary/aromatic N) is 4. The first-order valence-corrected chi connectivity index (χ1v) is 7.99. The monoisotopic (exact) mass is 311 g/mol. The maximum absolute atomic E-state index is 12.5. The van der Waals surface area contributed by atoms with Crippen LogP contribution in [0.3, 0.4) is 0 Å². The van der Waals surface area contributed by atoms with Gasteiger partial charge in [0.05, 0.1) is 10.4 Å². The molecule has 1 amide bonds. The van der Waals surface area contributed by atoms with E-state index in [-0.39, 0.29) is 16.5 Å². The predicted octanol–water partition coefficient (Wildman–Crippen LogP) is 0.813. The smallest absolute Gasteiger partial charge is 0.272 e. The summed E-state index contributed by atoms with van der Waals surface area (Å²) in [7, 11) is 1.77. The van der Waals surface area contributed by atoms with Crippen molar-refractivity contribution in [3.8, 4) is 0 Å². The molecular formula is C13H21N5O2S. The molecule has 0 unspecified atom stereocenters. The summed E-state index contributed by atoms with van der Waals surface area (Å²) in [5, 5.41) is 16.3. The fourth-order valence-corrected chi connectivity index (χ4v) is 3.54. The number of amidine groups is 1. The molecule has 0 atom stereocenters. The Morgan fingerprint density at radius 2 is 2.14 bits per heavy atom. The number of oxime groups is 1. The highest BCUT2D eigenvalue weighted by molar-refractivity contribution is 8.00. The second-order valence-electron chi connectivity index (χ2n) is 5.27. The average molecular weight is 311 g/mol. The third-order valence-corrected chi connectivity index (χ3v) is 5.44. The van der Waals surface area contributed by atoms with E-state index in [0.29, 0.717) is 31.6 Å². The van der Waals surface area contributed by atoms with Crippen LogP contribution < -0.4 is 5.73 Å². The fourth-order valence-electron chi connectivity index (χ4n) is 2.70. The SMILES string of the molecule is CSC1(C(N)=NO)CCN(C(=O)c2cc(C)nn2C)CC1. The van der Waals surface area contributed by atoms with Crippen molar-refractivity contribution in [2.24, 2.45) is 17.9 Å². The van der Waals surface area contributed by atoms with Crippen LogP contribution in [0.5, 0.6) is 0 Å². The maximum atomic E-state index is 12.5. The Morgan fingerprint density at radius 3 is 2.57 bits per heavy atom. The minimum Gasteiger partial charge on any atom is -0.409 e. The molecule has 0 aromatic carbocycles. The summed E-state index contributed by atoms with van der Waals surface area (Å²) in [4.78, 5) is 14.3. The van der Waals surface area contributed by atoms with Gasteiger partial charge in [-0.15, -0.1) is 0 Å². The second kappa shape index (κ2) is 5.97. The molecule has 3 N–H and O–H groups in total. The van der Waals surface area contributed by atoms with Gasteiger partial charge in [-0.05, 0) is 32.1 Å². The molecule has 116 valence electrons. The Balaban J connectivity index is 2.10. The van der Waals surface area contributed by atoms with Gasteiger partial charge >= 0.3 is 0 Å². The number of likely N-dealkylation sites (tertiary alicyclic amines) is 1. The van der Waals surface area contributed by atoms with Gasteiger partial charge in [0, 0.05) is 20.1 Å². The van der Waals surface area contributed by atoms with Crippen molar-refractivity contribution >= 4 is 23.5 Å². The zero-order valence-corrected chi connectivity index (χ0v) is 13.4. The average Bonchev–Trinajstić information content (AvgIpc) is 2.84. The number of aromatic nitrogens is 2. The number of hydrogen-bond donors (Lipinski definition) is 2. The number of nitrogens with two attached hydrogens (primary N) is 1. The number of carbonyl (C=O) groups excluding carboxylic acids is 1. The van der Waals surface area contributed by atoms with Crippen LogP contribution in [0.1, 0.15) is 29.0 Å². The number of hydrogen-bond acceptors (Lipinski definition) is 5. The highest BCUT2D eigenvalue weighted by Gasteiger charge is 2.39. The zero-order valence-electron chi connectivity index (χ0n) is 12.5. The van der Waals surface area contributed by atoms with Crippen molar-refractivity contribution in [3.63, 3.8) is 0 Å². The van der Waals surface area contributed by atoms with E-state index in [2.05, 4.69) is 10.3 Å². The van der Waals surface area contributed by atoms with Crippen LogP contribution in [-0.4, -0.2) is 55.7 Å². The molecule has 2 heterocycles. The Morgan fingerprint density at radius 1 is 1.52 bits per heavy atom. The van der Waals surface area contributed by atoms with Crippen LogP contribution >= 0.6 is 11.8 Å². The number of thioether (sulfide) groups is 1. The Kier molecular flexibility index (Phi) is 4.46. The van der Waals surface area contributed by atoms with E-state index in [4.69, 9.17) is 10.9 Å². The standard InChI is InChI=1S/C13H21N5O2S/c1-9-8-10(17(2)15-9)11(19)18-6-4-13(21-3,5-7-18)12(14)16-20/h8,20H,4-7H2,1-3H3,(H2,14,16).